The summed E-state index contributed by atoms with van der Waals surface area (Å²) in [7, 11) is 0.469. The Labute approximate surface area is 154 Å². The fraction of sp³-hybridized carbons (Fsp3) is 0.500. The third-order valence-corrected chi connectivity index (χ3v) is 5.00. The number of thiocarbonyl (C=S) groups is 1. The predicted octanol–water partition coefficient (Wildman–Crippen LogP) is 2.23. The van der Waals surface area contributed by atoms with Crippen molar-refractivity contribution in [3.05, 3.63) is 29.8 Å². The van der Waals surface area contributed by atoms with Gasteiger partial charge in [-0.15, -0.1) is 0 Å². The topological polar surface area (TPSA) is 96.9 Å². The highest BCUT2D eigenvalue weighted by Crippen LogP contribution is 2.43. The number of hydrogen-bond acceptors (Lipinski definition) is 6. The van der Waals surface area contributed by atoms with E-state index < -0.39 is 22.0 Å². The molecule has 7 nitrogen and oxygen atoms in total. The zero-order chi connectivity index (χ0) is 19.0. The van der Waals surface area contributed by atoms with Gasteiger partial charge in [0, 0.05) is 7.05 Å². The molecule has 9 heteroatoms. The number of nitrogens with zero attached hydrogens (tertiary/aromatic N) is 1. The zero-order valence-electron chi connectivity index (χ0n) is 14.7. The van der Waals surface area contributed by atoms with Gasteiger partial charge in [0.05, 0.1) is 12.5 Å². The number of benzene rings is 1. The lowest BCUT2D eigenvalue weighted by Crippen LogP contribution is -2.48. The first-order valence-electron chi connectivity index (χ1n) is 7.81. The summed E-state index contributed by atoms with van der Waals surface area (Å²) in [6, 6.07) is 5.97. The first kappa shape index (κ1) is 21.0. The lowest BCUT2D eigenvalue weighted by Gasteiger charge is -2.35. The molecule has 25 heavy (non-hydrogen) atoms. The number of rotatable bonds is 7. The number of carbonyl (C=O) groups is 1. The second kappa shape index (κ2) is 9.47. The molecule has 0 aliphatic carbocycles. The molecule has 0 heterocycles. The molecule has 1 aromatic rings. The summed E-state index contributed by atoms with van der Waals surface area (Å²) in [6.45, 7) is 3.65. The SMILES string of the molecule is CCC(CC)(C(=O)NC(=S)NC)C(N=S(=O)=O)c1ccc(OC)cc1. The van der Waals surface area contributed by atoms with Crippen LogP contribution in [0, 0.1) is 5.41 Å². The molecule has 0 aromatic heterocycles. The van der Waals surface area contributed by atoms with Gasteiger partial charge in [-0.1, -0.05) is 26.0 Å². The van der Waals surface area contributed by atoms with Crippen molar-refractivity contribution in [2.24, 2.45) is 9.78 Å². The van der Waals surface area contributed by atoms with E-state index in [0.29, 0.717) is 24.2 Å². The van der Waals surface area contributed by atoms with Crippen molar-refractivity contribution in [3.8, 4) is 5.75 Å². The minimum atomic E-state index is -2.67. The van der Waals surface area contributed by atoms with Crippen LogP contribution in [0.1, 0.15) is 38.3 Å². The minimum absolute atomic E-state index is 0.174. The molecular formula is C16H23N3O4S2. The number of methoxy groups -OCH3 is 1. The molecule has 0 bridgehead atoms. The highest BCUT2D eigenvalue weighted by molar-refractivity contribution is 7.80. The third kappa shape index (κ3) is 4.99. The molecule has 0 fully saturated rings. The molecule has 1 amide bonds. The Morgan fingerprint density at radius 2 is 1.84 bits per heavy atom. The van der Waals surface area contributed by atoms with Gasteiger partial charge in [-0.3, -0.25) is 4.79 Å². The molecule has 2 N–H and O–H groups in total. The van der Waals surface area contributed by atoms with Gasteiger partial charge in [-0.2, -0.15) is 12.8 Å². The van der Waals surface area contributed by atoms with Crippen molar-refractivity contribution in [1.82, 2.24) is 10.6 Å². The van der Waals surface area contributed by atoms with Crippen LogP contribution >= 0.6 is 12.2 Å². The van der Waals surface area contributed by atoms with Crippen molar-refractivity contribution < 1.29 is 17.9 Å². The van der Waals surface area contributed by atoms with E-state index in [1.54, 1.807) is 31.3 Å². The smallest absolute Gasteiger partial charge is 0.311 e. The average molecular weight is 386 g/mol. The molecule has 1 aromatic carbocycles. The van der Waals surface area contributed by atoms with Gasteiger partial charge in [-0.05, 0) is 42.8 Å². The standard InChI is InChI=1S/C16H23N3O4S2/c1-5-16(6-2,14(20)18-15(24)17-3)13(19-25(21)22)11-7-9-12(23-4)10-8-11/h7-10,13H,5-6H2,1-4H3,(H2,17,18,20,24). The third-order valence-electron chi connectivity index (χ3n) is 4.31. The second-order valence-corrected chi connectivity index (χ2v) is 6.45. The van der Waals surface area contributed by atoms with Crippen LogP contribution in [0.15, 0.2) is 28.6 Å². The van der Waals surface area contributed by atoms with Crippen LogP contribution in [0.4, 0.5) is 0 Å². The largest absolute Gasteiger partial charge is 0.497 e. The fourth-order valence-corrected chi connectivity index (χ4v) is 3.31. The summed E-state index contributed by atoms with van der Waals surface area (Å²) in [5, 5.41) is 5.47. The molecule has 138 valence electrons. The molecule has 0 radical (unpaired) electrons. The van der Waals surface area contributed by atoms with Crippen LogP contribution in [0.25, 0.3) is 0 Å². The molecule has 0 saturated heterocycles. The number of hydrogen-bond donors (Lipinski definition) is 2. The molecule has 1 rings (SSSR count). The van der Waals surface area contributed by atoms with E-state index in [2.05, 4.69) is 15.0 Å². The van der Waals surface area contributed by atoms with Crippen molar-refractivity contribution in [2.75, 3.05) is 14.2 Å². The Kier molecular flexibility index (Phi) is 7.98. The molecule has 0 aliphatic rings. The van der Waals surface area contributed by atoms with Crippen molar-refractivity contribution >= 4 is 33.7 Å². The number of amides is 1. The first-order chi connectivity index (χ1) is 11.8. The fourth-order valence-electron chi connectivity index (χ4n) is 2.73. The van der Waals surface area contributed by atoms with Crippen LogP contribution in [0.2, 0.25) is 0 Å². The number of ether oxygens (including phenoxy) is 1. The quantitative estimate of drug-likeness (QED) is 0.699. The van der Waals surface area contributed by atoms with E-state index in [1.165, 1.54) is 7.11 Å². The van der Waals surface area contributed by atoms with Gasteiger partial charge < -0.3 is 15.4 Å². The first-order valence-corrected chi connectivity index (χ1v) is 9.25. The monoisotopic (exact) mass is 385 g/mol. The Hall–Kier alpha value is -2.00. The maximum atomic E-state index is 12.9. The Balaban J connectivity index is 3.47. The van der Waals surface area contributed by atoms with E-state index in [9.17, 15) is 13.2 Å². The molecule has 0 spiro atoms. The minimum Gasteiger partial charge on any atom is -0.497 e. The van der Waals surface area contributed by atoms with E-state index in [4.69, 9.17) is 17.0 Å². The molecule has 0 aliphatic heterocycles. The van der Waals surface area contributed by atoms with Gasteiger partial charge in [0.15, 0.2) is 5.11 Å². The normalized spacial score (nSPS) is 12.0. The maximum Gasteiger partial charge on any atom is 0.311 e. The number of nitrogens with one attached hydrogen (secondary N) is 2. The lowest BCUT2D eigenvalue weighted by atomic mass is 9.72. The van der Waals surface area contributed by atoms with Crippen LogP contribution in [0.3, 0.4) is 0 Å². The second-order valence-electron chi connectivity index (χ2n) is 5.39. The van der Waals surface area contributed by atoms with Crippen molar-refractivity contribution in [3.63, 3.8) is 0 Å². The van der Waals surface area contributed by atoms with Crippen LogP contribution in [-0.2, 0) is 15.3 Å². The van der Waals surface area contributed by atoms with Crippen molar-refractivity contribution in [1.29, 1.82) is 0 Å². The van der Waals surface area contributed by atoms with Crippen LogP contribution in [0.5, 0.6) is 5.75 Å². The van der Waals surface area contributed by atoms with Gasteiger partial charge in [-0.25, -0.2) is 0 Å². The Morgan fingerprint density at radius 1 is 1.28 bits per heavy atom. The van der Waals surface area contributed by atoms with Gasteiger partial charge in [0.2, 0.25) is 5.91 Å². The van der Waals surface area contributed by atoms with Crippen LogP contribution in [-0.4, -0.2) is 33.6 Å². The van der Waals surface area contributed by atoms with E-state index in [0.717, 1.165) is 0 Å². The molecular weight excluding hydrogens is 362 g/mol. The van der Waals surface area contributed by atoms with E-state index in [1.807, 2.05) is 13.8 Å². The zero-order valence-corrected chi connectivity index (χ0v) is 16.3. The summed E-state index contributed by atoms with van der Waals surface area (Å²) in [4.78, 5) is 12.9. The summed E-state index contributed by atoms with van der Waals surface area (Å²) in [5.74, 6) is 0.261. The lowest BCUT2D eigenvalue weighted by molar-refractivity contribution is -0.131. The predicted molar refractivity (Wildman–Crippen MR) is 99.9 cm³/mol. The highest BCUT2D eigenvalue weighted by Gasteiger charge is 2.44. The Bertz CT molecular complexity index is 733. The average Bonchev–Trinajstić information content (AvgIpc) is 2.61. The molecule has 1 atom stereocenters. The van der Waals surface area contributed by atoms with Gasteiger partial charge in [0.25, 0.3) is 0 Å². The van der Waals surface area contributed by atoms with Gasteiger partial charge >= 0.3 is 10.5 Å². The summed E-state index contributed by atoms with van der Waals surface area (Å²) < 4.78 is 31.6. The van der Waals surface area contributed by atoms with E-state index >= 15 is 0 Å². The van der Waals surface area contributed by atoms with Crippen molar-refractivity contribution in [2.45, 2.75) is 32.7 Å². The Morgan fingerprint density at radius 3 is 2.24 bits per heavy atom. The molecule has 0 saturated carbocycles. The number of carbonyl (C=O) groups excluding carboxylic acids is 1. The summed E-state index contributed by atoms with van der Waals surface area (Å²) in [5.41, 5.74) is -0.450. The van der Waals surface area contributed by atoms with Crippen LogP contribution < -0.4 is 15.4 Å². The van der Waals surface area contributed by atoms with Gasteiger partial charge in [0.1, 0.15) is 11.8 Å². The van der Waals surface area contributed by atoms with E-state index in [-0.39, 0.29) is 11.0 Å². The molecule has 1 unspecified atom stereocenters. The summed E-state index contributed by atoms with van der Waals surface area (Å²) in [6.07, 6.45) is 0.776. The highest BCUT2D eigenvalue weighted by atomic mass is 32.2. The summed E-state index contributed by atoms with van der Waals surface area (Å²) >= 11 is 5.01. The maximum absolute atomic E-state index is 12.9.